The first-order chi connectivity index (χ1) is 4.81. The minimum atomic E-state index is -4.10. The first kappa shape index (κ1) is 10.9. The lowest BCUT2D eigenvalue weighted by molar-refractivity contribution is 0.278. The molecule has 0 rings (SSSR count). The van der Waals surface area contributed by atoms with Gasteiger partial charge in [-0.05, 0) is 26.7 Å². The van der Waals surface area contributed by atoms with Gasteiger partial charge >= 0.3 is 0 Å². The Labute approximate surface area is 67.0 Å². The summed E-state index contributed by atoms with van der Waals surface area (Å²) in [6, 6.07) is 0. The number of hydrogen-bond acceptors (Lipinski definition) is 3. The number of aliphatic hydroxyl groups excluding tert-OH is 1. The van der Waals surface area contributed by atoms with Crippen molar-refractivity contribution in [3.8, 4) is 0 Å². The summed E-state index contributed by atoms with van der Waals surface area (Å²) in [5, 5.41) is 8.39. The molecular formula is C6H13O4S. The summed E-state index contributed by atoms with van der Waals surface area (Å²) in [6.07, 6.45) is 0.474. The van der Waals surface area contributed by atoms with E-state index in [0.29, 0.717) is 6.42 Å². The van der Waals surface area contributed by atoms with Gasteiger partial charge in [0.25, 0.3) is 10.1 Å². The van der Waals surface area contributed by atoms with Crippen LogP contribution in [-0.2, 0) is 10.1 Å². The Kier molecular flexibility index (Phi) is 3.47. The van der Waals surface area contributed by atoms with Gasteiger partial charge in [0.2, 0.25) is 0 Å². The quantitative estimate of drug-likeness (QED) is 0.609. The lowest BCUT2D eigenvalue weighted by atomic mass is 10.1. The fourth-order valence-corrected chi connectivity index (χ4v) is 0.984. The molecule has 1 unspecified atom stereocenters. The van der Waals surface area contributed by atoms with Crippen molar-refractivity contribution >= 4 is 10.1 Å². The van der Waals surface area contributed by atoms with Crippen LogP contribution in [0.5, 0.6) is 0 Å². The molecule has 1 atom stereocenters. The highest BCUT2D eigenvalue weighted by Gasteiger charge is 2.31. The Morgan fingerprint density at radius 1 is 1.55 bits per heavy atom. The van der Waals surface area contributed by atoms with Crippen LogP contribution in [0.15, 0.2) is 0 Å². The average molecular weight is 181 g/mol. The summed E-state index contributed by atoms with van der Waals surface area (Å²) in [4.78, 5) is 0. The normalized spacial score (nSPS) is 13.5. The smallest absolute Gasteiger partial charge is 0.270 e. The largest absolute Gasteiger partial charge is 0.396 e. The molecule has 11 heavy (non-hydrogen) atoms. The molecule has 0 aromatic rings. The standard InChI is InChI=1S/C6H13O4S/c1-6(2,4-3-5-7)11(8,9)10/h7H,1,3-5H2,2H3,(H,8,9,10). The van der Waals surface area contributed by atoms with Crippen LogP contribution in [0.4, 0.5) is 0 Å². The van der Waals surface area contributed by atoms with Gasteiger partial charge in [0, 0.05) is 6.61 Å². The predicted octanol–water partition coefficient (Wildman–Crippen LogP) is 0.239. The van der Waals surface area contributed by atoms with E-state index in [1.807, 2.05) is 0 Å². The van der Waals surface area contributed by atoms with Crippen LogP contribution in [0.1, 0.15) is 19.8 Å². The number of hydrogen-bond donors (Lipinski definition) is 2. The number of aliphatic hydroxyl groups is 1. The third-order valence-electron chi connectivity index (χ3n) is 1.49. The molecule has 0 spiro atoms. The molecule has 4 nitrogen and oxygen atoms in total. The molecule has 0 saturated heterocycles. The molecule has 0 aromatic carbocycles. The van der Waals surface area contributed by atoms with Crippen molar-refractivity contribution < 1.29 is 18.1 Å². The molecule has 5 heteroatoms. The van der Waals surface area contributed by atoms with Gasteiger partial charge in [-0.15, -0.1) is 0 Å². The van der Waals surface area contributed by atoms with E-state index in [2.05, 4.69) is 6.92 Å². The minimum absolute atomic E-state index is 0.0966. The van der Waals surface area contributed by atoms with Crippen LogP contribution in [0.2, 0.25) is 0 Å². The Balaban J connectivity index is 4.24. The second-order valence-electron chi connectivity index (χ2n) is 2.75. The summed E-state index contributed by atoms with van der Waals surface area (Å²) in [6.45, 7) is 4.55. The van der Waals surface area contributed by atoms with Gasteiger partial charge in [0.15, 0.2) is 0 Å². The lowest BCUT2D eigenvalue weighted by Crippen LogP contribution is -2.31. The lowest BCUT2D eigenvalue weighted by Gasteiger charge is -2.19. The van der Waals surface area contributed by atoms with E-state index in [-0.39, 0.29) is 13.0 Å². The van der Waals surface area contributed by atoms with E-state index in [4.69, 9.17) is 9.66 Å². The van der Waals surface area contributed by atoms with Gasteiger partial charge in [-0.2, -0.15) is 8.42 Å². The predicted molar refractivity (Wildman–Crippen MR) is 41.6 cm³/mol. The van der Waals surface area contributed by atoms with Gasteiger partial charge in [-0.25, -0.2) is 0 Å². The molecule has 0 aliphatic heterocycles. The topological polar surface area (TPSA) is 74.6 Å². The molecule has 67 valence electrons. The summed E-state index contributed by atoms with van der Waals surface area (Å²) in [7, 11) is -4.10. The zero-order valence-electron chi connectivity index (χ0n) is 6.45. The summed E-state index contributed by atoms with van der Waals surface area (Å²) in [5.41, 5.74) is 0. The van der Waals surface area contributed by atoms with Crippen LogP contribution in [0.25, 0.3) is 0 Å². The van der Waals surface area contributed by atoms with Crippen molar-refractivity contribution in [1.29, 1.82) is 0 Å². The molecule has 0 amide bonds. The highest BCUT2D eigenvalue weighted by Crippen LogP contribution is 2.20. The first-order valence-corrected chi connectivity index (χ1v) is 4.68. The van der Waals surface area contributed by atoms with Crippen LogP contribution in [-0.4, -0.2) is 29.4 Å². The van der Waals surface area contributed by atoms with Crippen molar-refractivity contribution in [3.05, 3.63) is 6.92 Å². The van der Waals surface area contributed by atoms with E-state index >= 15 is 0 Å². The Bertz CT molecular complexity index is 205. The zero-order chi connectivity index (χ0) is 9.12. The maximum absolute atomic E-state index is 10.6. The van der Waals surface area contributed by atoms with Gasteiger partial charge < -0.3 is 5.11 Å². The Morgan fingerprint density at radius 2 is 2.00 bits per heavy atom. The van der Waals surface area contributed by atoms with Crippen LogP contribution in [0.3, 0.4) is 0 Å². The molecular weight excluding hydrogens is 168 g/mol. The molecule has 0 heterocycles. The molecule has 0 aliphatic rings. The summed E-state index contributed by atoms with van der Waals surface area (Å²) < 4.78 is 28.3. The van der Waals surface area contributed by atoms with E-state index in [0.717, 1.165) is 0 Å². The highest BCUT2D eigenvalue weighted by atomic mass is 32.2. The molecule has 1 radical (unpaired) electrons. The Morgan fingerprint density at radius 3 is 2.27 bits per heavy atom. The minimum Gasteiger partial charge on any atom is -0.396 e. The van der Waals surface area contributed by atoms with E-state index in [1.165, 1.54) is 6.92 Å². The van der Waals surface area contributed by atoms with Crippen molar-refractivity contribution in [3.63, 3.8) is 0 Å². The molecule has 0 saturated carbocycles. The molecule has 0 aromatic heterocycles. The van der Waals surface area contributed by atoms with Gasteiger partial charge in [-0.3, -0.25) is 4.55 Å². The van der Waals surface area contributed by atoms with Crippen molar-refractivity contribution in [1.82, 2.24) is 0 Å². The van der Waals surface area contributed by atoms with Gasteiger partial charge in [0.05, 0.1) is 4.75 Å². The average Bonchev–Trinajstić information content (AvgIpc) is 1.81. The van der Waals surface area contributed by atoms with E-state index in [1.54, 1.807) is 0 Å². The fourth-order valence-electron chi connectivity index (χ4n) is 0.582. The SMILES string of the molecule is [CH2]C(C)(CCCO)S(=O)(=O)O. The van der Waals surface area contributed by atoms with Crippen LogP contribution in [0, 0.1) is 6.92 Å². The van der Waals surface area contributed by atoms with Crippen molar-refractivity contribution in [2.75, 3.05) is 6.61 Å². The summed E-state index contributed by atoms with van der Waals surface area (Å²) in [5.74, 6) is 0. The monoisotopic (exact) mass is 181 g/mol. The number of rotatable bonds is 4. The van der Waals surface area contributed by atoms with Gasteiger partial charge in [-0.1, -0.05) is 0 Å². The maximum Gasteiger partial charge on any atom is 0.270 e. The highest BCUT2D eigenvalue weighted by molar-refractivity contribution is 7.87. The molecule has 0 aliphatic carbocycles. The third kappa shape index (κ3) is 3.18. The molecule has 0 bridgehead atoms. The first-order valence-electron chi connectivity index (χ1n) is 3.24. The third-order valence-corrected chi connectivity index (χ3v) is 2.94. The Hall–Kier alpha value is -0.130. The van der Waals surface area contributed by atoms with E-state index in [9.17, 15) is 8.42 Å². The molecule has 0 fully saturated rings. The zero-order valence-corrected chi connectivity index (χ0v) is 7.26. The van der Waals surface area contributed by atoms with E-state index < -0.39 is 14.9 Å². The van der Waals surface area contributed by atoms with Crippen LogP contribution >= 0.6 is 0 Å². The second-order valence-corrected chi connectivity index (χ2v) is 4.69. The van der Waals surface area contributed by atoms with Crippen molar-refractivity contribution in [2.45, 2.75) is 24.5 Å². The van der Waals surface area contributed by atoms with Gasteiger partial charge in [0.1, 0.15) is 0 Å². The van der Waals surface area contributed by atoms with Crippen molar-refractivity contribution in [2.24, 2.45) is 0 Å². The summed E-state index contributed by atoms with van der Waals surface area (Å²) >= 11 is 0. The maximum atomic E-state index is 10.6. The second kappa shape index (κ2) is 3.51. The fraction of sp³-hybridized carbons (Fsp3) is 0.833. The van der Waals surface area contributed by atoms with Crippen LogP contribution < -0.4 is 0 Å². The molecule has 2 N–H and O–H groups in total.